The number of hydrogen-bond acceptors (Lipinski definition) is 5. The smallest absolute Gasteiger partial charge is 0.257 e. The van der Waals surface area contributed by atoms with E-state index in [9.17, 15) is 13.2 Å². The lowest BCUT2D eigenvalue weighted by Crippen LogP contribution is -2.50. The number of para-hydroxylation sites is 1. The third-order valence-electron chi connectivity index (χ3n) is 5.68. The maximum atomic E-state index is 13.3. The van der Waals surface area contributed by atoms with Crippen LogP contribution in [0.5, 0.6) is 0 Å². The van der Waals surface area contributed by atoms with Gasteiger partial charge in [-0.15, -0.1) is 0 Å². The number of nitrogens with zero attached hydrogens (tertiary/aromatic N) is 5. The van der Waals surface area contributed by atoms with E-state index in [4.69, 9.17) is 0 Å². The number of rotatable bonds is 3. The lowest BCUT2D eigenvalue weighted by molar-refractivity contribution is 0.0696. The third-order valence-corrected chi connectivity index (χ3v) is 7.61. The Bertz CT molecular complexity index is 1240. The van der Waals surface area contributed by atoms with Gasteiger partial charge in [-0.1, -0.05) is 12.1 Å². The number of aryl methyl sites for hydroxylation is 3. The molecule has 3 aromatic rings. The van der Waals surface area contributed by atoms with Crippen molar-refractivity contribution in [3.05, 3.63) is 53.0 Å². The van der Waals surface area contributed by atoms with Gasteiger partial charge in [-0.05, 0) is 38.5 Å². The minimum atomic E-state index is -3.71. The van der Waals surface area contributed by atoms with Crippen LogP contribution in [0.4, 0.5) is 0 Å². The molecule has 8 nitrogen and oxygen atoms in total. The number of benzene rings is 1. The van der Waals surface area contributed by atoms with Crippen LogP contribution in [-0.2, 0) is 17.1 Å². The molecule has 0 bridgehead atoms. The Kier molecular flexibility index (Phi) is 5.11. The molecule has 0 N–H and O–H groups in total. The molecule has 0 spiro atoms. The Morgan fingerprint density at radius 3 is 2.40 bits per heavy atom. The molecule has 158 valence electrons. The standard InChI is InChI=1S/C21H25N5O3S/c1-14-12-17-6-5-7-18(20(17)22-13-14)30(28,29)26-10-8-25(9-11-26)21(27)19-15(2)23-24(4)16(19)3/h5-7,12-13H,8-11H2,1-4H3. The Balaban J connectivity index is 1.56. The van der Waals surface area contributed by atoms with Crippen molar-refractivity contribution in [1.29, 1.82) is 0 Å². The molecule has 0 radical (unpaired) electrons. The van der Waals surface area contributed by atoms with Crippen LogP contribution in [0.15, 0.2) is 35.4 Å². The summed E-state index contributed by atoms with van der Waals surface area (Å²) in [4.78, 5) is 19.3. The fourth-order valence-corrected chi connectivity index (χ4v) is 5.55. The number of sulfonamides is 1. The molecule has 4 rings (SSSR count). The highest BCUT2D eigenvalue weighted by atomic mass is 32.2. The Morgan fingerprint density at radius 1 is 1.07 bits per heavy atom. The molecular formula is C21H25N5O3S. The lowest BCUT2D eigenvalue weighted by Gasteiger charge is -2.34. The topological polar surface area (TPSA) is 88.4 Å². The van der Waals surface area contributed by atoms with Crippen LogP contribution < -0.4 is 0 Å². The number of carbonyl (C=O) groups excluding carboxylic acids is 1. The Labute approximate surface area is 176 Å². The normalized spacial score (nSPS) is 15.7. The second-order valence-corrected chi connectivity index (χ2v) is 9.61. The Hall–Kier alpha value is -2.78. The predicted octanol–water partition coefficient (Wildman–Crippen LogP) is 2.04. The van der Waals surface area contributed by atoms with Gasteiger partial charge in [-0.3, -0.25) is 14.5 Å². The van der Waals surface area contributed by atoms with Gasteiger partial charge in [0.2, 0.25) is 10.0 Å². The van der Waals surface area contributed by atoms with Crippen molar-refractivity contribution in [3.8, 4) is 0 Å². The minimum Gasteiger partial charge on any atom is -0.336 e. The molecule has 1 saturated heterocycles. The monoisotopic (exact) mass is 427 g/mol. The molecule has 30 heavy (non-hydrogen) atoms. The average Bonchev–Trinajstić information content (AvgIpc) is 2.98. The number of pyridine rings is 1. The first-order chi connectivity index (χ1) is 14.2. The predicted molar refractivity (Wildman–Crippen MR) is 114 cm³/mol. The number of carbonyl (C=O) groups is 1. The molecule has 1 fully saturated rings. The molecule has 1 aromatic carbocycles. The quantitative estimate of drug-likeness (QED) is 0.638. The van der Waals surface area contributed by atoms with E-state index in [0.29, 0.717) is 29.9 Å². The van der Waals surface area contributed by atoms with Crippen molar-refractivity contribution >= 4 is 26.8 Å². The summed E-state index contributed by atoms with van der Waals surface area (Å²) >= 11 is 0. The number of piperazine rings is 1. The zero-order valence-corrected chi connectivity index (χ0v) is 18.4. The molecular weight excluding hydrogens is 402 g/mol. The first-order valence-electron chi connectivity index (χ1n) is 9.85. The summed E-state index contributed by atoms with van der Waals surface area (Å²) in [5, 5.41) is 5.11. The second kappa shape index (κ2) is 7.48. The van der Waals surface area contributed by atoms with Crippen LogP contribution in [0, 0.1) is 20.8 Å². The lowest BCUT2D eigenvalue weighted by atomic mass is 10.1. The highest BCUT2D eigenvalue weighted by molar-refractivity contribution is 7.89. The van der Waals surface area contributed by atoms with Gasteiger partial charge in [0.1, 0.15) is 4.90 Å². The number of aromatic nitrogens is 3. The summed E-state index contributed by atoms with van der Waals surface area (Å²) in [5.74, 6) is -0.0996. The van der Waals surface area contributed by atoms with Crippen LogP contribution in [0.1, 0.15) is 27.3 Å². The maximum Gasteiger partial charge on any atom is 0.257 e. The summed E-state index contributed by atoms with van der Waals surface area (Å²) < 4.78 is 29.8. The van der Waals surface area contributed by atoms with Crippen molar-refractivity contribution in [2.45, 2.75) is 25.7 Å². The maximum absolute atomic E-state index is 13.3. The number of amides is 1. The number of hydrogen-bond donors (Lipinski definition) is 0. The molecule has 0 saturated carbocycles. The highest BCUT2D eigenvalue weighted by Crippen LogP contribution is 2.26. The van der Waals surface area contributed by atoms with Crippen molar-refractivity contribution < 1.29 is 13.2 Å². The number of fused-ring (bicyclic) bond motifs is 1. The van der Waals surface area contributed by atoms with Crippen molar-refractivity contribution in [2.24, 2.45) is 7.05 Å². The molecule has 3 heterocycles. The summed E-state index contributed by atoms with van der Waals surface area (Å²) in [6.07, 6.45) is 1.68. The van der Waals surface area contributed by atoms with Crippen molar-refractivity contribution in [3.63, 3.8) is 0 Å². The zero-order chi connectivity index (χ0) is 21.6. The molecule has 0 aliphatic carbocycles. The fourth-order valence-electron chi connectivity index (χ4n) is 3.96. The van der Waals surface area contributed by atoms with E-state index in [0.717, 1.165) is 16.6 Å². The molecule has 1 aliphatic heterocycles. The van der Waals surface area contributed by atoms with Crippen molar-refractivity contribution in [1.82, 2.24) is 24.0 Å². The van der Waals surface area contributed by atoms with E-state index in [1.165, 1.54) is 4.31 Å². The van der Waals surface area contributed by atoms with E-state index < -0.39 is 10.0 Å². The van der Waals surface area contributed by atoms with E-state index in [1.807, 2.05) is 40.0 Å². The van der Waals surface area contributed by atoms with E-state index >= 15 is 0 Å². The van der Waals surface area contributed by atoms with Crippen LogP contribution in [0.2, 0.25) is 0 Å². The summed E-state index contributed by atoms with van der Waals surface area (Å²) in [6.45, 7) is 6.77. The van der Waals surface area contributed by atoms with E-state index in [1.54, 1.807) is 27.9 Å². The van der Waals surface area contributed by atoms with E-state index in [2.05, 4.69) is 10.1 Å². The van der Waals surface area contributed by atoms with Gasteiger partial charge >= 0.3 is 0 Å². The molecule has 0 unspecified atom stereocenters. The largest absolute Gasteiger partial charge is 0.336 e. The fraction of sp³-hybridized carbons (Fsp3) is 0.381. The molecule has 2 aromatic heterocycles. The van der Waals surface area contributed by atoms with E-state index in [-0.39, 0.29) is 23.9 Å². The van der Waals surface area contributed by atoms with Gasteiger partial charge < -0.3 is 4.90 Å². The van der Waals surface area contributed by atoms with Gasteiger partial charge in [-0.2, -0.15) is 9.40 Å². The second-order valence-electron chi connectivity index (χ2n) is 7.71. The molecule has 1 amide bonds. The van der Waals surface area contributed by atoms with Gasteiger partial charge in [0.15, 0.2) is 0 Å². The van der Waals surface area contributed by atoms with Crippen LogP contribution in [0.25, 0.3) is 10.9 Å². The van der Waals surface area contributed by atoms with Gasteiger partial charge in [0, 0.05) is 50.5 Å². The zero-order valence-electron chi connectivity index (χ0n) is 17.6. The van der Waals surface area contributed by atoms with Crippen molar-refractivity contribution in [2.75, 3.05) is 26.2 Å². The first kappa shape index (κ1) is 20.5. The SMILES string of the molecule is Cc1cnc2c(S(=O)(=O)N3CCN(C(=O)c4c(C)nn(C)c4C)CC3)cccc2c1. The minimum absolute atomic E-state index is 0.0996. The van der Waals surface area contributed by atoms with Crippen LogP contribution >= 0.6 is 0 Å². The van der Waals surface area contributed by atoms with Gasteiger partial charge in [-0.25, -0.2) is 8.42 Å². The third kappa shape index (κ3) is 3.37. The molecule has 1 aliphatic rings. The van der Waals surface area contributed by atoms with Crippen LogP contribution in [0.3, 0.4) is 0 Å². The van der Waals surface area contributed by atoms with Gasteiger partial charge in [0.25, 0.3) is 5.91 Å². The molecule has 0 atom stereocenters. The van der Waals surface area contributed by atoms with Gasteiger partial charge in [0.05, 0.1) is 16.8 Å². The summed E-state index contributed by atoms with van der Waals surface area (Å²) in [6, 6.07) is 7.13. The summed E-state index contributed by atoms with van der Waals surface area (Å²) in [5.41, 5.74) is 3.55. The highest BCUT2D eigenvalue weighted by Gasteiger charge is 2.33. The van der Waals surface area contributed by atoms with Crippen LogP contribution in [-0.4, -0.2) is 64.5 Å². The Morgan fingerprint density at radius 2 is 1.77 bits per heavy atom. The summed E-state index contributed by atoms with van der Waals surface area (Å²) in [7, 11) is -1.90. The molecule has 9 heteroatoms. The average molecular weight is 428 g/mol. The first-order valence-corrected chi connectivity index (χ1v) is 11.3.